The minimum Gasteiger partial charge on any atom is -0.355 e. The third-order valence-electron chi connectivity index (χ3n) is 4.53. The SMILES string of the molecule is CCc1nc(Sc2cccc(Cl)c2Cl)c(C)nc1N1CCC(N)(N)CC1. The summed E-state index contributed by atoms with van der Waals surface area (Å²) in [5.41, 5.74) is 13.3. The number of aromatic nitrogens is 2. The molecule has 3 rings (SSSR count). The van der Waals surface area contributed by atoms with Crippen LogP contribution in [0.25, 0.3) is 0 Å². The average molecular weight is 412 g/mol. The van der Waals surface area contributed by atoms with Crippen LogP contribution in [0, 0.1) is 6.92 Å². The van der Waals surface area contributed by atoms with Crippen LogP contribution in [-0.2, 0) is 6.42 Å². The normalized spacial score (nSPS) is 16.8. The second-order valence-corrected chi connectivity index (χ2v) is 8.43. The van der Waals surface area contributed by atoms with Gasteiger partial charge in [-0.3, -0.25) is 0 Å². The molecule has 4 N–H and O–H groups in total. The van der Waals surface area contributed by atoms with Gasteiger partial charge in [-0.2, -0.15) is 0 Å². The maximum absolute atomic E-state index is 6.32. The monoisotopic (exact) mass is 411 g/mol. The fourth-order valence-electron chi connectivity index (χ4n) is 2.91. The van der Waals surface area contributed by atoms with Crippen molar-refractivity contribution < 1.29 is 0 Å². The van der Waals surface area contributed by atoms with Gasteiger partial charge in [-0.15, -0.1) is 0 Å². The van der Waals surface area contributed by atoms with Gasteiger partial charge in [0.2, 0.25) is 0 Å². The molecule has 0 amide bonds. The zero-order valence-electron chi connectivity index (χ0n) is 14.9. The van der Waals surface area contributed by atoms with Gasteiger partial charge in [-0.1, -0.05) is 48.0 Å². The molecule has 5 nitrogen and oxygen atoms in total. The van der Waals surface area contributed by atoms with Gasteiger partial charge < -0.3 is 16.4 Å². The Kier molecular flexibility index (Phi) is 5.99. The van der Waals surface area contributed by atoms with E-state index in [1.165, 1.54) is 11.8 Å². The van der Waals surface area contributed by atoms with Crippen LogP contribution in [0.3, 0.4) is 0 Å². The Labute approximate surface area is 168 Å². The second-order valence-electron chi connectivity index (χ2n) is 6.61. The number of nitrogens with zero attached hydrogens (tertiary/aromatic N) is 3. The largest absolute Gasteiger partial charge is 0.355 e. The number of hydrogen-bond acceptors (Lipinski definition) is 6. The first-order valence-corrected chi connectivity index (χ1v) is 10.2. The fraction of sp³-hybridized carbons (Fsp3) is 0.444. The molecule has 1 saturated heterocycles. The van der Waals surface area contributed by atoms with Crippen molar-refractivity contribution in [1.29, 1.82) is 0 Å². The molecule has 0 spiro atoms. The zero-order chi connectivity index (χ0) is 18.9. The maximum atomic E-state index is 6.32. The molecular formula is C18H23Cl2N5S. The molecule has 1 aliphatic rings. The molecular weight excluding hydrogens is 389 g/mol. The summed E-state index contributed by atoms with van der Waals surface area (Å²) in [6.45, 7) is 5.64. The van der Waals surface area contributed by atoms with Crippen molar-refractivity contribution in [3.05, 3.63) is 39.6 Å². The first kappa shape index (κ1) is 19.7. The minimum atomic E-state index is -0.579. The quantitative estimate of drug-likeness (QED) is 0.739. The second kappa shape index (κ2) is 7.90. The highest BCUT2D eigenvalue weighted by atomic mass is 35.5. The Morgan fingerprint density at radius 2 is 1.88 bits per heavy atom. The van der Waals surface area contributed by atoms with Crippen molar-refractivity contribution in [1.82, 2.24) is 9.97 Å². The van der Waals surface area contributed by atoms with Crippen LogP contribution in [0.15, 0.2) is 28.1 Å². The van der Waals surface area contributed by atoms with Crippen LogP contribution in [0.4, 0.5) is 5.82 Å². The Morgan fingerprint density at radius 1 is 1.19 bits per heavy atom. The molecule has 0 radical (unpaired) electrons. The van der Waals surface area contributed by atoms with Gasteiger partial charge in [0.05, 0.1) is 27.1 Å². The number of piperidine rings is 1. The lowest BCUT2D eigenvalue weighted by molar-refractivity contribution is 0.343. The van der Waals surface area contributed by atoms with E-state index in [0.29, 0.717) is 10.0 Å². The Hall–Kier alpha value is -1.05. The fourth-order valence-corrected chi connectivity index (χ4v) is 4.29. The summed E-state index contributed by atoms with van der Waals surface area (Å²) in [6.07, 6.45) is 2.28. The van der Waals surface area contributed by atoms with Crippen molar-refractivity contribution in [2.24, 2.45) is 11.5 Å². The highest BCUT2D eigenvalue weighted by Crippen LogP contribution is 2.38. The minimum absolute atomic E-state index is 0.537. The van der Waals surface area contributed by atoms with Crippen molar-refractivity contribution in [2.45, 2.75) is 48.7 Å². The van der Waals surface area contributed by atoms with Gasteiger partial charge in [-0.25, -0.2) is 9.97 Å². The van der Waals surface area contributed by atoms with Gasteiger partial charge in [0.1, 0.15) is 5.03 Å². The van der Waals surface area contributed by atoms with E-state index >= 15 is 0 Å². The van der Waals surface area contributed by atoms with E-state index in [4.69, 9.17) is 44.6 Å². The van der Waals surface area contributed by atoms with E-state index in [9.17, 15) is 0 Å². The maximum Gasteiger partial charge on any atom is 0.150 e. The lowest BCUT2D eigenvalue weighted by atomic mass is 9.99. The van der Waals surface area contributed by atoms with Crippen LogP contribution in [-0.4, -0.2) is 28.7 Å². The van der Waals surface area contributed by atoms with Crippen molar-refractivity contribution in [2.75, 3.05) is 18.0 Å². The Balaban J connectivity index is 1.89. The first-order chi connectivity index (χ1) is 12.3. The van der Waals surface area contributed by atoms with E-state index < -0.39 is 5.66 Å². The van der Waals surface area contributed by atoms with Gasteiger partial charge in [-0.05, 0) is 38.3 Å². The lowest BCUT2D eigenvalue weighted by Gasteiger charge is -2.37. The third kappa shape index (κ3) is 4.26. The van der Waals surface area contributed by atoms with E-state index in [2.05, 4.69) is 11.8 Å². The summed E-state index contributed by atoms with van der Waals surface area (Å²) in [7, 11) is 0. The van der Waals surface area contributed by atoms with Crippen molar-refractivity contribution in [3.63, 3.8) is 0 Å². The topological polar surface area (TPSA) is 81.1 Å². The van der Waals surface area contributed by atoms with Gasteiger partial charge in [0.15, 0.2) is 5.82 Å². The third-order valence-corrected chi connectivity index (χ3v) is 6.60. The molecule has 26 heavy (non-hydrogen) atoms. The van der Waals surface area contributed by atoms with E-state index in [-0.39, 0.29) is 0 Å². The van der Waals surface area contributed by atoms with Crippen LogP contribution in [0.2, 0.25) is 10.0 Å². The molecule has 8 heteroatoms. The van der Waals surface area contributed by atoms with Crippen LogP contribution in [0.5, 0.6) is 0 Å². The highest BCUT2D eigenvalue weighted by Gasteiger charge is 2.28. The van der Waals surface area contributed by atoms with Crippen LogP contribution >= 0.6 is 35.0 Å². The number of nitrogens with two attached hydrogens (primary N) is 2. The van der Waals surface area contributed by atoms with E-state index in [0.717, 1.165) is 59.5 Å². The summed E-state index contributed by atoms with van der Waals surface area (Å²) in [5.74, 6) is 0.932. The number of hydrogen-bond donors (Lipinski definition) is 2. The summed E-state index contributed by atoms with van der Waals surface area (Å²) in [6, 6.07) is 5.60. The predicted octanol–water partition coefficient (Wildman–Crippen LogP) is 4.02. The highest BCUT2D eigenvalue weighted by molar-refractivity contribution is 7.99. The summed E-state index contributed by atoms with van der Waals surface area (Å²) >= 11 is 13.9. The van der Waals surface area contributed by atoms with Gasteiger partial charge >= 0.3 is 0 Å². The number of rotatable bonds is 4. The first-order valence-electron chi connectivity index (χ1n) is 8.63. The molecule has 140 valence electrons. The predicted molar refractivity (Wildman–Crippen MR) is 109 cm³/mol. The van der Waals surface area contributed by atoms with Gasteiger partial charge in [0.25, 0.3) is 0 Å². The standard InChI is InChI=1S/C18H23Cl2N5S/c1-3-13-16(25-9-7-18(21,22)8-10-25)23-11(2)17(24-13)26-14-6-4-5-12(19)15(14)20/h4-6H,3,7-10,21-22H2,1-2H3. The Morgan fingerprint density at radius 3 is 2.54 bits per heavy atom. The van der Waals surface area contributed by atoms with Crippen molar-refractivity contribution in [3.8, 4) is 0 Å². The molecule has 0 unspecified atom stereocenters. The number of aryl methyl sites for hydroxylation is 2. The van der Waals surface area contributed by atoms with Crippen LogP contribution in [0.1, 0.15) is 31.2 Å². The molecule has 1 fully saturated rings. The molecule has 0 aliphatic carbocycles. The molecule has 2 heterocycles. The molecule has 0 atom stereocenters. The molecule has 1 aromatic heterocycles. The summed E-state index contributed by atoms with van der Waals surface area (Å²) in [5, 5.41) is 1.93. The number of halogens is 2. The molecule has 1 aliphatic heterocycles. The molecule has 0 bridgehead atoms. The van der Waals surface area contributed by atoms with Gasteiger partial charge in [0, 0.05) is 18.0 Å². The molecule has 0 saturated carbocycles. The average Bonchev–Trinajstić information content (AvgIpc) is 2.60. The molecule has 1 aromatic carbocycles. The zero-order valence-corrected chi connectivity index (χ0v) is 17.3. The smallest absolute Gasteiger partial charge is 0.150 e. The van der Waals surface area contributed by atoms with Crippen LogP contribution < -0.4 is 16.4 Å². The lowest BCUT2D eigenvalue weighted by Crippen LogP contribution is -2.57. The van der Waals surface area contributed by atoms with Crippen molar-refractivity contribution >= 4 is 40.8 Å². The summed E-state index contributed by atoms with van der Waals surface area (Å²) < 4.78 is 0. The number of benzene rings is 1. The Bertz CT molecular complexity index is 802. The molecule has 2 aromatic rings. The number of anilines is 1. The summed E-state index contributed by atoms with van der Waals surface area (Å²) in [4.78, 5) is 12.8. The van der Waals surface area contributed by atoms with E-state index in [1.807, 2.05) is 19.1 Å². The van der Waals surface area contributed by atoms with E-state index in [1.54, 1.807) is 6.07 Å².